The molecule has 0 saturated heterocycles. The zero-order valence-corrected chi connectivity index (χ0v) is 8.51. The number of anilines is 1. The molecule has 0 atom stereocenters. The third-order valence-corrected chi connectivity index (χ3v) is 1.91. The normalized spacial score (nSPS) is 9.75. The van der Waals surface area contributed by atoms with E-state index < -0.39 is 0 Å². The molecule has 0 fully saturated rings. The number of furan rings is 1. The standard InChI is InChI=1S/C11H11N3O2/c15-11(13-8-9-4-3-7-16-9)14-10-5-1-2-6-12-10/h1-7H,8H2,(H2,12,13,14,15). The Balaban J connectivity index is 1.81. The Morgan fingerprint density at radius 3 is 2.94 bits per heavy atom. The van der Waals surface area contributed by atoms with E-state index in [1.807, 2.05) is 0 Å². The van der Waals surface area contributed by atoms with Crippen LogP contribution in [0.1, 0.15) is 5.76 Å². The Labute approximate surface area is 92.5 Å². The van der Waals surface area contributed by atoms with E-state index in [0.717, 1.165) is 0 Å². The Morgan fingerprint density at radius 1 is 1.31 bits per heavy atom. The summed E-state index contributed by atoms with van der Waals surface area (Å²) in [5.41, 5.74) is 0. The number of amides is 2. The van der Waals surface area contributed by atoms with Crippen LogP contribution in [-0.2, 0) is 6.54 Å². The number of hydrogen-bond donors (Lipinski definition) is 2. The van der Waals surface area contributed by atoms with Crippen LogP contribution in [0.25, 0.3) is 0 Å². The zero-order valence-electron chi connectivity index (χ0n) is 8.51. The van der Waals surface area contributed by atoms with E-state index in [2.05, 4.69) is 15.6 Å². The van der Waals surface area contributed by atoms with Crippen molar-refractivity contribution in [2.45, 2.75) is 6.54 Å². The second kappa shape index (κ2) is 4.97. The third-order valence-electron chi connectivity index (χ3n) is 1.91. The molecule has 2 rings (SSSR count). The number of pyridine rings is 1. The molecule has 0 aliphatic carbocycles. The van der Waals surface area contributed by atoms with Crippen molar-refractivity contribution in [2.24, 2.45) is 0 Å². The Kier molecular flexibility index (Phi) is 3.18. The summed E-state index contributed by atoms with van der Waals surface area (Å²) in [6.45, 7) is 0.353. The molecule has 2 amide bonds. The lowest BCUT2D eigenvalue weighted by Gasteiger charge is -2.04. The van der Waals surface area contributed by atoms with Gasteiger partial charge in [-0.2, -0.15) is 0 Å². The summed E-state index contributed by atoms with van der Waals surface area (Å²) in [6.07, 6.45) is 3.18. The summed E-state index contributed by atoms with van der Waals surface area (Å²) in [7, 11) is 0. The predicted octanol–water partition coefficient (Wildman–Crippen LogP) is 2.00. The SMILES string of the molecule is O=C(NCc1ccco1)Nc1ccccn1. The fourth-order valence-corrected chi connectivity index (χ4v) is 1.18. The van der Waals surface area contributed by atoms with E-state index in [-0.39, 0.29) is 6.03 Å². The van der Waals surface area contributed by atoms with Crippen LogP contribution in [0.5, 0.6) is 0 Å². The van der Waals surface area contributed by atoms with Gasteiger partial charge in [-0.3, -0.25) is 5.32 Å². The smallest absolute Gasteiger partial charge is 0.320 e. The van der Waals surface area contributed by atoms with E-state index in [9.17, 15) is 4.79 Å². The molecule has 2 N–H and O–H groups in total. The van der Waals surface area contributed by atoms with Crippen molar-refractivity contribution >= 4 is 11.8 Å². The average Bonchev–Trinajstić information content (AvgIpc) is 2.81. The van der Waals surface area contributed by atoms with Crippen LogP contribution in [0.4, 0.5) is 10.6 Å². The highest BCUT2D eigenvalue weighted by atomic mass is 16.3. The molecule has 2 aromatic rings. The summed E-state index contributed by atoms with van der Waals surface area (Å²) in [6, 6.07) is 8.55. The molecule has 0 bridgehead atoms. The highest BCUT2D eigenvalue weighted by Gasteiger charge is 2.02. The lowest BCUT2D eigenvalue weighted by molar-refractivity contribution is 0.250. The maximum atomic E-state index is 11.4. The van der Waals surface area contributed by atoms with Crippen LogP contribution in [-0.4, -0.2) is 11.0 Å². The molecular formula is C11H11N3O2. The average molecular weight is 217 g/mol. The summed E-state index contributed by atoms with van der Waals surface area (Å²) >= 11 is 0. The van der Waals surface area contributed by atoms with Gasteiger partial charge in [-0.25, -0.2) is 9.78 Å². The number of hydrogen-bond acceptors (Lipinski definition) is 3. The zero-order chi connectivity index (χ0) is 11.2. The minimum Gasteiger partial charge on any atom is -0.467 e. The van der Waals surface area contributed by atoms with Crippen LogP contribution in [0.3, 0.4) is 0 Å². The Bertz CT molecular complexity index is 440. The van der Waals surface area contributed by atoms with Gasteiger partial charge in [-0.15, -0.1) is 0 Å². The van der Waals surface area contributed by atoms with Crippen molar-refractivity contribution in [1.29, 1.82) is 0 Å². The Hall–Kier alpha value is -2.30. The van der Waals surface area contributed by atoms with Gasteiger partial charge in [0.25, 0.3) is 0 Å². The first-order valence-corrected chi connectivity index (χ1v) is 4.83. The van der Waals surface area contributed by atoms with Gasteiger partial charge in [0.2, 0.25) is 0 Å². The topological polar surface area (TPSA) is 67.2 Å². The lowest BCUT2D eigenvalue weighted by Crippen LogP contribution is -2.28. The molecule has 0 unspecified atom stereocenters. The van der Waals surface area contributed by atoms with Crippen molar-refractivity contribution in [2.75, 3.05) is 5.32 Å². The van der Waals surface area contributed by atoms with E-state index in [0.29, 0.717) is 18.1 Å². The van der Waals surface area contributed by atoms with Gasteiger partial charge in [0, 0.05) is 6.20 Å². The fraction of sp³-hybridized carbons (Fsp3) is 0.0909. The summed E-state index contributed by atoms with van der Waals surface area (Å²) in [5, 5.41) is 5.25. The fourth-order valence-electron chi connectivity index (χ4n) is 1.18. The molecule has 0 aromatic carbocycles. The number of nitrogens with zero attached hydrogens (tertiary/aromatic N) is 1. The number of urea groups is 1. The van der Waals surface area contributed by atoms with Gasteiger partial charge in [0.15, 0.2) is 0 Å². The minimum atomic E-state index is -0.310. The van der Waals surface area contributed by atoms with Gasteiger partial charge in [0.05, 0.1) is 12.8 Å². The van der Waals surface area contributed by atoms with Crippen LogP contribution >= 0.6 is 0 Å². The molecule has 5 nitrogen and oxygen atoms in total. The Morgan fingerprint density at radius 2 is 2.25 bits per heavy atom. The molecule has 5 heteroatoms. The van der Waals surface area contributed by atoms with Gasteiger partial charge in [0.1, 0.15) is 11.6 Å². The molecule has 16 heavy (non-hydrogen) atoms. The van der Waals surface area contributed by atoms with Crippen molar-refractivity contribution in [3.05, 3.63) is 48.6 Å². The van der Waals surface area contributed by atoms with Crippen LogP contribution < -0.4 is 10.6 Å². The largest absolute Gasteiger partial charge is 0.467 e. The summed E-state index contributed by atoms with van der Waals surface area (Å²) < 4.78 is 5.08. The molecule has 0 spiro atoms. The molecular weight excluding hydrogens is 206 g/mol. The molecule has 0 saturated carbocycles. The maximum Gasteiger partial charge on any atom is 0.320 e. The molecule has 2 aromatic heterocycles. The summed E-state index contributed by atoms with van der Waals surface area (Å²) in [5.74, 6) is 1.22. The number of nitrogens with one attached hydrogen (secondary N) is 2. The number of aromatic nitrogens is 1. The summed E-state index contributed by atoms with van der Waals surface area (Å²) in [4.78, 5) is 15.4. The van der Waals surface area contributed by atoms with Gasteiger partial charge in [-0.1, -0.05) is 6.07 Å². The van der Waals surface area contributed by atoms with Crippen molar-refractivity contribution < 1.29 is 9.21 Å². The minimum absolute atomic E-state index is 0.310. The molecule has 2 heterocycles. The van der Waals surface area contributed by atoms with E-state index in [1.54, 1.807) is 42.8 Å². The number of carbonyl (C=O) groups excluding carboxylic acids is 1. The van der Waals surface area contributed by atoms with Crippen LogP contribution in [0.15, 0.2) is 47.2 Å². The first-order chi connectivity index (χ1) is 7.84. The van der Waals surface area contributed by atoms with Gasteiger partial charge >= 0.3 is 6.03 Å². The van der Waals surface area contributed by atoms with E-state index in [4.69, 9.17) is 4.42 Å². The molecule has 0 aliphatic rings. The van der Waals surface area contributed by atoms with E-state index >= 15 is 0 Å². The van der Waals surface area contributed by atoms with Gasteiger partial charge in [-0.05, 0) is 24.3 Å². The first-order valence-electron chi connectivity index (χ1n) is 4.83. The van der Waals surface area contributed by atoms with Crippen molar-refractivity contribution in [3.63, 3.8) is 0 Å². The highest BCUT2D eigenvalue weighted by molar-refractivity contribution is 5.87. The molecule has 0 aliphatic heterocycles. The predicted molar refractivity (Wildman–Crippen MR) is 58.8 cm³/mol. The van der Waals surface area contributed by atoms with Crippen LogP contribution in [0.2, 0.25) is 0 Å². The second-order valence-electron chi connectivity index (χ2n) is 3.10. The van der Waals surface area contributed by atoms with Crippen LogP contribution in [0, 0.1) is 0 Å². The number of carbonyl (C=O) groups is 1. The highest BCUT2D eigenvalue weighted by Crippen LogP contribution is 2.01. The number of rotatable bonds is 3. The third kappa shape index (κ3) is 2.84. The van der Waals surface area contributed by atoms with Crippen molar-refractivity contribution in [3.8, 4) is 0 Å². The molecule has 0 radical (unpaired) electrons. The monoisotopic (exact) mass is 217 g/mol. The quantitative estimate of drug-likeness (QED) is 0.826. The second-order valence-corrected chi connectivity index (χ2v) is 3.10. The maximum absolute atomic E-state index is 11.4. The van der Waals surface area contributed by atoms with E-state index in [1.165, 1.54) is 0 Å². The van der Waals surface area contributed by atoms with Crippen molar-refractivity contribution in [1.82, 2.24) is 10.3 Å². The molecule has 82 valence electrons. The van der Waals surface area contributed by atoms with Gasteiger partial charge < -0.3 is 9.73 Å². The lowest BCUT2D eigenvalue weighted by atomic mass is 10.4. The first kappa shape index (κ1) is 10.2.